The molecule has 0 spiro atoms. The van der Waals surface area contributed by atoms with E-state index in [-0.39, 0.29) is 5.41 Å². The van der Waals surface area contributed by atoms with Crippen LogP contribution in [0.2, 0.25) is 0 Å². The van der Waals surface area contributed by atoms with Crippen LogP contribution in [0.4, 0.5) is 0 Å². The lowest BCUT2D eigenvalue weighted by atomic mass is 9.62. The minimum Gasteiger partial charge on any atom is -0.393 e. The smallest absolute Gasteiger partial charge is 0.119 e. The van der Waals surface area contributed by atoms with Gasteiger partial charge in [0.1, 0.15) is 5.60 Å². The highest BCUT2D eigenvalue weighted by Gasteiger charge is 2.45. The topological polar surface area (TPSA) is 60.7 Å². The zero-order valence-corrected chi connectivity index (χ0v) is 19.0. The van der Waals surface area contributed by atoms with Crippen LogP contribution in [0.5, 0.6) is 0 Å². The molecule has 0 unspecified atom stereocenters. The summed E-state index contributed by atoms with van der Waals surface area (Å²) < 4.78 is 0. The molecule has 2 saturated carbocycles. The highest BCUT2D eigenvalue weighted by Crippen LogP contribution is 2.56. The first-order chi connectivity index (χ1) is 14.0. The molecule has 0 aromatic rings. The Morgan fingerprint density at radius 2 is 2.07 bits per heavy atom. The molecule has 3 aliphatic carbocycles. The molecule has 0 radical (unpaired) electrons. The highest BCUT2D eigenvalue weighted by atomic mass is 16.3. The fourth-order valence-corrected chi connectivity index (χ4v) is 5.61. The van der Waals surface area contributed by atoms with Crippen LogP contribution in [0.15, 0.2) is 47.1 Å². The quantitative estimate of drug-likeness (QED) is 0.460. The van der Waals surface area contributed by atoms with Crippen molar-refractivity contribution in [3.8, 4) is 11.8 Å². The number of aliphatic hydroxyl groups is 3. The fourth-order valence-electron chi connectivity index (χ4n) is 5.61. The Kier molecular flexibility index (Phi) is 6.82. The van der Waals surface area contributed by atoms with Gasteiger partial charge in [-0.25, -0.2) is 0 Å². The van der Waals surface area contributed by atoms with Crippen molar-refractivity contribution in [3.63, 3.8) is 0 Å². The monoisotopic (exact) mass is 410 g/mol. The van der Waals surface area contributed by atoms with Gasteiger partial charge in [-0.1, -0.05) is 61.6 Å². The highest BCUT2D eigenvalue weighted by molar-refractivity contribution is 5.40. The van der Waals surface area contributed by atoms with Crippen molar-refractivity contribution >= 4 is 0 Å². The minimum absolute atomic E-state index is 0.168. The molecular formula is C27H38O3. The van der Waals surface area contributed by atoms with Gasteiger partial charge >= 0.3 is 0 Å². The number of fused-ring (bicyclic) bond motifs is 1. The number of aliphatic hydroxyl groups excluding tert-OH is 2. The summed E-state index contributed by atoms with van der Waals surface area (Å²) >= 11 is 0. The first kappa shape index (κ1) is 23.1. The zero-order chi connectivity index (χ0) is 22.1. The average Bonchev–Trinajstić information content (AvgIpc) is 3.00. The van der Waals surface area contributed by atoms with Gasteiger partial charge in [-0.15, -0.1) is 0 Å². The van der Waals surface area contributed by atoms with Crippen LogP contribution in [0.25, 0.3) is 0 Å². The molecule has 0 amide bonds. The van der Waals surface area contributed by atoms with Gasteiger partial charge in [-0.3, -0.25) is 0 Å². The van der Waals surface area contributed by atoms with E-state index in [0.29, 0.717) is 24.7 Å². The Morgan fingerprint density at radius 3 is 2.77 bits per heavy atom. The van der Waals surface area contributed by atoms with Gasteiger partial charge < -0.3 is 15.3 Å². The van der Waals surface area contributed by atoms with E-state index in [1.165, 1.54) is 24.0 Å². The second-order valence-electron chi connectivity index (χ2n) is 10.3. The Balaban J connectivity index is 1.76. The van der Waals surface area contributed by atoms with Crippen molar-refractivity contribution < 1.29 is 15.3 Å². The summed E-state index contributed by atoms with van der Waals surface area (Å²) in [6.45, 7) is 12.1. The van der Waals surface area contributed by atoms with Crippen molar-refractivity contribution in [2.75, 3.05) is 0 Å². The summed E-state index contributed by atoms with van der Waals surface area (Å²) in [5.74, 6) is 7.03. The number of hydrogen-bond acceptors (Lipinski definition) is 3. The van der Waals surface area contributed by atoms with Gasteiger partial charge in [-0.05, 0) is 74.3 Å². The number of rotatable bonds is 3. The molecule has 3 rings (SSSR count). The summed E-state index contributed by atoms with van der Waals surface area (Å²) in [5, 5.41) is 30.0. The maximum atomic E-state index is 10.1. The van der Waals surface area contributed by atoms with E-state index < -0.39 is 17.8 Å². The molecule has 0 bridgehead atoms. The largest absolute Gasteiger partial charge is 0.393 e. The molecule has 0 aromatic carbocycles. The molecule has 0 heterocycles. The van der Waals surface area contributed by atoms with Crippen LogP contribution in [-0.2, 0) is 0 Å². The van der Waals surface area contributed by atoms with E-state index in [1.807, 2.05) is 0 Å². The van der Waals surface area contributed by atoms with Crippen LogP contribution in [-0.4, -0.2) is 33.1 Å². The van der Waals surface area contributed by atoms with E-state index in [9.17, 15) is 15.3 Å². The molecule has 30 heavy (non-hydrogen) atoms. The Hall–Kier alpha value is -1.60. The first-order valence-corrected chi connectivity index (χ1v) is 11.4. The second-order valence-corrected chi connectivity index (χ2v) is 10.3. The van der Waals surface area contributed by atoms with Crippen molar-refractivity contribution in [1.29, 1.82) is 0 Å². The van der Waals surface area contributed by atoms with E-state index in [0.717, 1.165) is 30.4 Å². The summed E-state index contributed by atoms with van der Waals surface area (Å²) in [7, 11) is 0. The molecule has 5 atom stereocenters. The van der Waals surface area contributed by atoms with Gasteiger partial charge in [0, 0.05) is 12.8 Å². The molecule has 2 fully saturated rings. The fraction of sp³-hybridized carbons (Fsp3) is 0.630. The lowest BCUT2D eigenvalue weighted by molar-refractivity contribution is 0.0862. The van der Waals surface area contributed by atoms with Crippen LogP contribution in [0, 0.1) is 29.1 Å². The molecule has 0 aromatic heterocycles. The van der Waals surface area contributed by atoms with Crippen molar-refractivity contribution in [1.82, 2.24) is 0 Å². The molecule has 3 nitrogen and oxygen atoms in total. The van der Waals surface area contributed by atoms with E-state index >= 15 is 0 Å². The Bertz CT molecular complexity index is 826. The standard InChI is InChI=1S/C27H38O3/c1-18(8-6-14-26(3,4)30)23-12-13-24-20(9-7-15-27(23,24)5)10-11-21-16-22(28)17-25(29)19(21)2/h10-12,18,22,24-25,28-30H,2,7-9,13,15-17H2,1,3-5H3/b20-10-,21-11-/t18-,22+,24-,25-,27+/m0/s1. The first-order valence-electron chi connectivity index (χ1n) is 11.4. The van der Waals surface area contributed by atoms with Gasteiger partial charge in [-0.2, -0.15) is 0 Å². The minimum atomic E-state index is -0.936. The SMILES string of the molecule is C=C1/C(=C\C=C2\CCC[C@]3(C)C([C@@H](C)CC#CC(C)(C)O)=CC[C@@H]23)C[C@@H](O)C[C@@H]1O. The van der Waals surface area contributed by atoms with Gasteiger partial charge in [0.15, 0.2) is 0 Å². The van der Waals surface area contributed by atoms with E-state index in [1.54, 1.807) is 13.8 Å². The third-order valence-corrected chi connectivity index (χ3v) is 7.21. The molecule has 3 N–H and O–H groups in total. The van der Waals surface area contributed by atoms with Crippen molar-refractivity contribution in [2.45, 2.75) is 90.4 Å². The van der Waals surface area contributed by atoms with Gasteiger partial charge in [0.25, 0.3) is 0 Å². The maximum absolute atomic E-state index is 10.1. The summed E-state index contributed by atoms with van der Waals surface area (Å²) in [6.07, 6.45) is 11.9. The molecule has 3 aliphatic rings. The molecule has 0 saturated heterocycles. The average molecular weight is 411 g/mol. The summed E-state index contributed by atoms with van der Waals surface area (Å²) in [6, 6.07) is 0. The lowest BCUT2D eigenvalue weighted by Gasteiger charge is -2.42. The number of allylic oxidation sites excluding steroid dienone is 5. The molecule has 3 heteroatoms. The van der Waals surface area contributed by atoms with E-state index in [2.05, 4.69) is 50.5 Å². The summed E-state index contributed by atoms with van der Waals surface area (Å²) in [4.78, 5) is 0. The Morgan fingerprint density at radius 1 is 1.33 bits per heavy atom. The van der Waals surface area contributed by atoms with Crippen molar-refractivity contribution in [2.24, 2.45) is 17.3 Å². The van der Waals surface area contributed by atoms with Gasteiger partial charge in [0.05, 0.1) is 12.2 Å². The second kappa shape index (κ2) is 8.87. The third-order valence-electron chi connectivity index (χ3n) is 7.21. The van der Waals surface area contributed by atoms with Crippen LogP contribution < -0.4 is 0 Å². The van der Waals surface area contributed by atoms with Crippen LogP contribution in [0.1, 0.15) is 72.6 Å². The van der Waals surface area contributed by atoms with E-state index in [4.69, 9.17) is 0 Å². The molecule has 164 valence electrons. The third kappa shape index (κ3) is 4.99. The maximum Gasteiger partial charge on any atom is 0.119 e. The predicted molar refractivity (Wildman–Crippen MR) is 123 cm³/mol. The normalized spacial score (nSPS) is 35.6. The predicted octanol–water partition coefficient (Wildman–Crippen LogP) is 4.85. The lowest BCUT2D eigenvalue weighted by Crippen LogP contribution is -2.32. The van der Waals surface area contributed by atoms with Crippen LogP contribution >= 0.6 is 0 Å². The van der Waals surface area contributed by atoms with Gasteiger partial charge in [0.2, 0.25) is 0 Å². The summed E-state index contributed by atoms with van der Waals surface area (Å²) in [5.41, 5.74) is 3.95. The van der Waals surface area contributed by atoms with Crippen molar-refractivity contribution in [3.05, 3.63) is 47.1 Å². The van der Waals surface area contributed by atoms with Crippen LogP contribution in [0.3, 0.4) is 0 Å². The zero-order valence-electron chi connectivity index (χ0n) is 19.0. The molecule has 0 aliphatic heterocycles. The molecular weight excluding hydrogens is 372 g/mol. The Labute approximate surface area is 182 Å². The number of hydrogen-bond donors (Lipinski definition) is 3.